The molecule has 0 aromatic heterocycles. The Balaban J connectivity index is 1.42. The van der Waals surface area contributed by atoms with Crippen molar-refractivity contribution >= 4 is 23.5 Å². The summed E-state index contributed by atoms with van der Waals surface area (Å²) in [6.07, 6.45) is 1.87. The second-order valence-electron chi connectivity index (χ2n) is 8.28. The van der Waals surface area contributed by atoms with E-state index in [4.69, 9.17) is 4.74 Å². The molecule has 2 heterocycles. The molecule has 4 rings (SSSR count). The Labute approximate surface area is 170 Å². The summed E-state index contributed by atoms with van der Waals surface area (Å²) in [5.74, 6) is -0.372. The van der Waals surface area contributed by atoms with Crippen LogP contribution in [0.25, 0.3) is 0 Å². The van der Waals surface area contributed by atoms with Gasteiger partial charge in [-0.3, -0.25) is 14.5 Å². The van der Waals surface area contributed by atoms with Crippen LogP contribution in [0, 0.1) is 5.92 Å². The molecule has 4 amide bonds. The number of nitrogens with zero attached hydrogens (tertiary/aromatic N) is 3. The zero-order valence-electron chi connectivity index (χ0n) is 17.0. The van der Waals surface area contributed by atoms with Gasteiger partial charge in [-0.25, -0.2) is 4.79 Å². The molecule has 1 N–H and O–H groups in total. The molecule has 1 unspecified atom stereocenters. The minimum atomic E-state index is -0.862. The third-order valence-electron chi connectivity index (χ3n) is 6.17. The summed E-state index contributed by atoms with van der Waals surface area (Å²) in [4.78, 5) is 42.8. The standard InChI is InChI=1S/C21H28N4O4/c1-21(16-7-8-16)19(27)25(20(28)22-21)14-18(26)23(2)13-15-5-3-4-6-17(15)24-9-11-29-12-10-24/h3-6,16H,7-14H2,1-2H3,(H,22,28). The minimum absolute atomic E-state index is 0.178. The summed E-state index contributed by atoms with van der Waals surface area (Å²) in [6, 6.07) is 7.53. The van der Waals surface area contributed by atoms with Crippen molar-refractivity contribution in [1.82, 2.24) is 15.1 Å². The van der Waals surface area contributed by atoms with E-state index in [2.05, 4.69) is 16.3 Å². The number of hydrogen-bond acceptors (Lipinski definition) is 5. The van der Waals surface area contributed by atoms with Gasteiger partial charge in [0, 0.05) is 32.4 Å². The average Bonchev–Trinajstić information content (AvgIpc) is 3.55. The molecule has 1 aromatic rings. The third-order valence-corrected chi connectivity index (χ3v) is 6.17. The Hall–Kier alpha value is -2.61. The van der Waals surface area contributed by atoms with Gasteiger partial charge in [-0.2, -0.15) is 0 Å². The smallest absolute Gasteiger partial charge is 0.325 e. The lowest BCUT2D eigenvalue weighted by atomic mass is 9.96. The van der Waals surface area contributed by atoms with E-state index in [1.807, 2.05) is 18.2 Å². The quantitative estimate of drug-likeness (QED) is 0.726. The Kier molecular flexibility index (Phi) is 5.21. The molecule has 3 aliphatic rings. The number of morpholine rings is 1. The molecule has 0 bridgehead atoms. The topological polar surface area (TPSA) is 82.2 Å². The molecular formula is C21H28N4O4. The highest BCUT2D eigenvalue weighted by atomic mass is 16.5. The van der Waals surface area contributed by atoms with Crippen molar-refractivity contribution < 1.29 is 19.1 Å². The van der Waals surface area contributed by atoms with Crippen molar-refractivity contribution in [2.75, 3.05) is 44.8 Å². The van der Waals surface area contributed by atoms with E-state index in [0.29, 0.717) is 19.8 Å². The maximum Gasteiger partial charge on any atom is 0.325 e. The van der Waals surface area contributed by atoms with E-state index in [-0.39, 0.29) is 24.3 Å². The number of benzene rings is 1. The second kappa shape index (κ2) is 7.67. The fourth-order valence-electron chi connectivity index (χ4n) is 4.15. The predicted octanol–water partition coefficient (Wildman–Crippen LogP) is 1.20. The normalized spacial score (nSPS) is 24.6. The number of nitrogens with one attached hydrogen (secondary N) is 1. The highest BCUT2D eigenvalue weighted by Gasteiger charge is 2.56. The van der Waals surface area contributed by atoms with Crippen LogP contribution in [0.1, 0.15) is 25.3 Å². The number of anilines is 1. The monoisotopic (exact) mass is 400 g/mol. The van der Waals surface area contributed by atoms with E-state index in [1.54, 1.807) is 18.9 Å². The molecule has 2 saturated heterocycles. The van der Waals surface area contributed by atoms with Crippen LogP contribution in [0.2, 0.25) is 0 Å². The Morgan fingerprint density at radius 1 is 1.24 bits per heavy atom. The first-order valence-corrected chi connectivity index (χ1v) is 10.2. The van der Waals surface area contributed by atoms with Gasteiger partial charge >= 0.3 is 6.03 Å². The van der Waals surface area contributed by atoms with Crippen LogP contribution in [-0.2, 0) is 20.9 Å². The number of hydrogen-bond donors (Lipinski definition) is 1. The van der Waals surface area contributed by atoms with Gasteiger partial charge in [0.05, 0.1) is 13.2 Å². The van der Waals surface area contributed by atoms with Crippen LogP contribution in [0.15, 0.2) is 24.3 Å². The van der Waals surface area contributed by atoms with E-state index < -0.39 is 11.6 Å². The van der Waals surface area contributed by atoms with Crippen molar-refractivity contribution in [3.8, 4) is 0 Å². The second-order valence-corrected chi connectivity index (χ2v) is 8.28. The molecule has 2 aliphatic heterocycles. The van der Waals surface area contributed by atoms with Crippen molar-refractivity contribution in [2.24, 2.45) is 5.92 Å². The largest absolute Gasteiger partial charge is 0.378 e. The molecule has 1 atom stereocenters. The van der Waals surface area contributed by atoms with Crippen LogP contribution in [0.3, 0.4) is 0 Å². The number of likely N-dealkylation sites (N-methyl/N-ethyl adjacent to an activating group) is 1. The molecular weight excluding hydrogens is 372 g/mol. The number of rotatable bonds is 6. The average molecular weight is 400 g/mol. The van der Waals surface area contributed by atoms with Crippen molar-refractivity contribution in [3.63, 3.8) is 0 Å². The number of ether oxygens (including phenoxy) is 1. The SMILES string of the molecule is CN(Cc1ccccc1N1CCOCC1)C(=O)CN1C(=O)NC(C)(C2CC2)C1=O. The minimum Gasteiger partial charge on any atom is -0.378 e. The highest BCUT2D eigenvalue weighted by molar-refractivity contribution is 6.09. The van der Waals surface area contributed by atoms with E-state index >= 15 is 0 Å². The number of urea groups is 1. The van der Waals surface area contributed by atoms with Crippen molar-refractivity contribution in [2.45, 2.75) is 31.8 Å². The van der Waals surface area contributed by atoms with Crippen LogP contribution < -0.4 is 10.2 Å². The molecule has 1 saturated carbocycles. The summed E-state index contributed by atoms with van der Waals surface area (Å²) in [7, 11) is 1.71. The first kappa shape index (κ1) is 19.7. The summed E-state index contributed by atoms with van der Waals surface area (Å²) in [6.45, 7) is 4.95. The van der Waals surface area contributed by atoms with Gasteiger partial charge in [0.15, 0.2) is 0 Å². The summed E-state index contributed by atoms with van der Waals surface area (Å²) >= 11 is 0. The maximum absolute atomic E-state index is 12.8. The Morgan fingerprint density at radius 3 is 2.62 bits per heavy atom. The lowest BCUT2D eigenvalue weighted by molar-refractivity contribution is -0.138. The first-order chi connectivity index (χ1) is 13.9. The first-order valence-electron chi connectivity index (χ1n) is 10.2. The molecule has 8 heteroatoms. The molecule has 8 nitrogen and oxygen atoms in total. The highest BCUT2D eigenvalue weighted by Crippen LogP contribution is 2.42. The molecule has 156 valence electrons. The van der Waals surface area contributed by atoms with E-state index in [1.165, 1.54) is 0 Å². The summed E-state index contributed by atoms with van der Waals surface area (Å²) < 4.78 is 5.43. The van der Waals surface area contributed by atoms with Gasteiger partial charge in [0.2, 0.25) is 5.91 Å². The Bertz CT molecular complexity index is 819. The lowest BCUT2D eigenvalue weighted by Gasteiger charge is -2.31. The predicted molar refractivity (Wildman–Crippen MR) is 107 cm³/mol. The van der Waals surface area contributed by atoms with Crippen molar-refractivity contribution in [1.29, 1.82) is 0 Å². The van der Waals surface area contributed by atoms with Gasteiger partial charge < -0.3 is 19.9 Å². The Morgan fingerprint density at radius 2 is 1.93 bits per heavy atom. The number of imide groups is 1. The molecule has 1 aromatic carbocycles. The van der Waals surface area contributed by atoms with Gasteiger partial charge in [-0.05, 0) is 37.3 Å². The lowest BCUT2D eigenvalue weighted by Crippen LogP contribution is -2.47. The molecule has 3 fully saturated rings. The van der Waals surface area contributed by atoms with Gasteiger partial charge in [-0.1, -0.05) is 18.2 Å². The molecule has 0 spiro atoms. The fraction of sp³-hybridized carbons (Fsp3) is 0.571. The maximum atomic E-state index is 12.8. The van der Waals surface area contributed by atoms with Crippen LogP contribution in [0.4, 0.5) is 10.5 Å². The fourth-order valence-corrected chi connectivity index (χ4v) is 4.15. The van der Waals surface area contributed by atoms with Crippen LogP contribution in [0.5, 0.6) is 0 Å². The van der Waals surface area contributed by atoms with Gasteiger partial charge in [-0.15, -0.1) is 0 Å². The zero-order chi connectivity index (χ0) is 20.6. The number of carbonyl (C=O) groups is 3. The van der Waals surface area contributed by atoms with Crippen LogP contribution in [-0.4, -0.2) is 73.1 Å². The molecule has 29 heavy (non-hydrogen) atoms. The van der Waals surface area contributed by atoms with E-state index in [0.717, 1.165) is 42.1 Å². The number of para-hydroxylation sites is 1. The number of carbonyl (C=O) groups excluding carboxylic acids is 3. The number of amides is 4. The molecule has 0 radical (unpaired) electrons. The third kappa shape index (κ3) is 3.81. The van der Waals surface area contributed by atoms with Gasteiger partial charge in [0.1, 0.15) is 12.1 Å². The van der Waals surface area contributed by atoms with Crippen molar-refractivity contribution in [3.05, 3.63) is 29.8 Å². The summed E-state index contributed by atoms with van der Waals surface area (Å²) in [5, 5.41) is 2.79. The van der Waals surface area contributed by atoms with E-state index in [9.17, 15) is 14.4 Å². The van der Waals surface area contributed by atoms with Crippen LogP contribution >= 0.6 is 0 Å². The summed E-state index contributed by atoms with van der Waals surface area (Å²) in [5.41, 5.74) is 1.26. The van der Waals surface area contributed by atoms with Gasteiger partial charge in [0.25, 0.3) is 5.91 Å². The zero-order valence-corrected chi connectivity index (χ0v) is 17.0. The molecule has 1 aliphatic carbocycles.